The molecule has 7 heteroatoms. The normalized spacial score (nSPS) is 17.8. The molecule has 2 aliphatic rings. The summed E-state index contributed by atoms with van der Waals surface area (Å²) in [5.41, 5.74) is 1.11. The fourth-order valence-electron chi connectivity index (χ4n) is 4.37. The Morgan fingerprint density at radius 1 is 1.21 bits per heavy atom. The summed E-state index contributed by atoms with van der Waals surface area (Å²) in [7, 11) is 0. The summed E-state index contributed by atoms with van der Waals surface area (Å²) in [5.74, 6) is 0.266. The first-order valence-electron chi connectivity index (χ1n) is 10.3. The minimum atomic E-state index is -0.257. The monoisotopic (exact) mass is 419 g/mol. The number of nitrogens with one attached hydrogen (secondary N) is 1. The second-order valence-corrected chi connectivity index (χ2v) is 11.0. The Bertz CT molecular complexity index is 949. The van der Waals surface area contributed by atoms with E-state index >= 15 is 0 Å². The average molecular weight is 420 g/mol. The molecule has 2 aromatic heterocycles. The minimum absolute atomic E-state index is 0.0182. The highest BCUT2D eigenvalue weighted by molar-refractivity contribution is 7.99. The number of thiophene rings is 1. The zero-order chi connectivity index (χ0) is 19.9. The number of amides is 1. The first-order chi connectivity index (χ1) is 13.3. The lowest BCUT2D eigenvalue weighted by Gasteiger charge is -2.21. The molecule has 0 atom stereocenters. The molecule has 0 unspecified atom stereocenters. The van der Waals surface area contributed by atoms with E-state index in [4.69, 9.17) is 4.98 Å². The van der Waals surface area contributed by atoms with E-state index in [-0.39, 0.29) is 28.8 Å². The number of carbonyl (C=O) groups excluding carboxylic acids is 1. The molecule has 1 saturated carbocycles. The van der Waals surface area contributed by atoms with Crippen LogP contribution in [0.25, 0.3) is 10.2 Å². The first kappa shape index (κ1) is 20.0. The van der Waals surface area contributed by atoms with Gasteiger partial charge in [-0.2, -0.15) is 0 Å². The molecule has 0 spiro atoms. The second kappa shape index (κ2) is 7.82. The molecule has 0 aliphatic heterocycles. The maximum atomic E-state index is 13.6. The Morgan fingerprint density at radius 2 is 1.93 bits per heavy atom. The van der Waals surface area contributed by atoms with Gasteiger partial charge in [-0.25, -0.2) is 4.98 Å². The van der Waals surface area contributed by atoms with Crippen molar-refractivity contribution in [2.45, 2.75) is 88.9 Å². The lowest BCUT2D eigenvalue weighted by molar-refractivity contribution is -0.119. The maximum Gasteiger partial charge on any atom is 0.263 e. The quantitative estimate of drug-likeness (QED) is 0.587. The van der Waals surface area contributed by atoms with Gasteiger partial charge in [0.2, 0.25) is 5.91 Å². The van der Waals surface area contributed by atoms with Crippen molar-refractivity contribution in [1.82, 2.24) is 14.9 Å². The van der Waals surface area contributed by atoms with Crippen LogP contribution in [-0.4, -0.2) is 26.8 Å². The molecular formula is C21H29N3O2S2. The van der Waals surface area contributed by atoms with Gasteiger partial charge in [0, 0.05) is 16.5 Å². The largest absolute Gasteiger partial charge is 0.351 e. The third-order valence-corrected chi connectivity index (χ3v) is 7.66. The van der Waals surface area contributed by atoms with Crippen LogP contribution in [-0.2, 0) is 17.6 Å². The summed E-state index contributed by atoms with van der Waals surface area (Å²) >= 11 is 3.09. The Kier molecular flexibility index (Phi) is 5.58. The van der Waals surface area contributed by atoms with Gasteiger partial charge in [-0.05, 0) is 64.9 Å². The molecule has 2 aliphatic carbocycles. The molecule has 2 heterocycles. The standard InChI is InChI=1S/C21H29N3O2S2/c1-21(2,3)23-16(25)12-27-20-22-18-17(14-10-6-7-11-15(14)28-18)19(26)24(20)13-8-4-5-9-13/h13H,4-12H2,1-3H3,(H,23,25). The molecule has 0 saturated heterocycles. The van der Waals surface area contributed by atoms with Crippen LogP contribution in [0.2, 0.25) is 0 Å². The highest BCUT2D eigenvalue weighted by Gasteiger charge is 2.27. The van der Waals surface area contributed by atoms with Crippen molar-refractivity contribution in [3.63, 3.8) is 0 Å². The molecule has 4 rings (SSSR count). The van der Waals surface area contributed by atoms with Crippen LogP contribution in [0.4, 0.5) is 0 Å². The Labute approximate surface area is 174 Å². The van der Waals surface area contributed by atoms with E-state index in [9.17, 15) is 9.59 Å². The van der Waals surface area contributed by atoms with Crippen LogP contribution < -0.4 is 10.9 Å². The number of thioether (sulfide) groups is 1. The van der Waals surface area contributed by atoms with Crippen LogP contribution in [0.3, 0.4) is 0 Å². The van der Waals surface area contributed by atoms with Gasteiger partial charge in [0.05, 0.1) is 11.1 Å². The molecule has 28 heavy (non-hydrogen) atoms. The predicted octanol–water partition coefficient (Wildman–Crippen LogP) is 4.46. The topological polar surface area (TPSA) is 64.0 Å². The molecule has 152 valence electrons. The number of aromatic nitrogens is 2. The average Bonchev–Trinajstić information content (AvgIpc) is 3.25. The summed E-state index contributed by atoms with van der Waals surface area (Å²) < 4.78 is 1.92. The van der Waals surface area contributed by atoms with E-state index in [1.54, 1.807) is 11.3 Å². The molecule has 0 bridgehead atoms. The number of aryl methyl sites for hydroxylation is 2. The van der Waals surface area contributed by atoms with Crippen molar-refractivity contribution in [3.05, 3.63) is 20.8 Å². The number of hydrogen-bond donors (Lipinski definition) is 1. The van der Waals surface area contributed by atoms with Crippen molar-refractivity contribution in [3.8, 4) is 0 Å². The highest BCUT2D eigenvalue weighted by atomic mass is 32.2. The van der Waals surface area contributed by atoms with Crippen molar-refractivity contribution >= 4 is 39.2 Å². The molecule has 5 nitrogen and oxygen atoms in total. The van der Waals surface area contributed by atoms with Crippen molar-refractivity contribution < 1.29 is 4.79 Å². The van der Waals surface area contributed by atoms with E-state index in [1.165, 1.54) is 28.6 Å². The summed E-state index contributed by atoms with van der Waals surface area (Å²) in [6, 6.07) is 0.219. The van der Waals surface area contributed by atoms with E-state index < -0.39 is 0 Å². The highest BCUT2D eigenvalue weighted by Crippen LogP contribution is 2.37. The van der Waals surface area contributed by atoms with Crippen LogP contribution >= 0.6 is 23.1 Å². The molecular weight excluding hydrogens is 390 g/mol. The maximum absolute atomic E-state index is 13.6. The molecule has 2 aromatic rings. The fourth-order valence-corrected chi connectivity index (χ4v) is 6.54. The number of rotatable bonds is 4. The summed E-state index contributed by atoms with van der Waals surface area (Å²) in [6.07, 6.45) is 8.79. The van der Waals surface area contributed by atoms with Crippen LogP contribution in [0.5, 0.6) is 0 Å². The van der Waals surface area contributed by atoms with Crippen molar-refractivity contribution in [1.29, 1.82) is 0 Å². The smallest absolute Gasteiger partial charge is 0.263 e. The summed E-state index contributed by atoms with van der Waals surface area (Å²) in [5, 5.41) is 4.57. The molecule has 1 fully saturated rings. The number of hydrogen-bond acceptors (Lipinski definition) is 5. The van der Waals surface area contributed by atoms with Gasteiger partial charge in [-0.1, -0.05) is 24.6 Å². The van der Waals surface area contributed by atoms with Crippen molar-refractivity contribution in [2.75, 3.05) is 5.75 Å². The Morgan fingerprint density at radius 3 is 2.64 bits per heavy atom. The predicted molar refractivity (Wildman–Crippen MR) is 117 cm³/mol. The molecule has 0 radical (unpaired) electrons. The van der Waals surface area contributed by atoms with Gasteiger partial charge in [-0.15, -0.1) is 11.3 Å². The first-order valence-corrected chi connectivity index (χ1v) is 12.1. The van der Waals surface area contributed by atoms with Crippen LogP contribution in [0.1, 0.15) is 75.8 Å². The van der Waals surface area contributed by atoms with Crippen LogP contribution in [0, 0.1) is 0 Å². The van der Waals surface area contributed by atoms with E-state index in [2.05, 4.69) is 5.32 Å². The summed E-state index contributed by atoms with van der Waals surface area (Å²) in [6.45, 7) is 5.93. The Hall–Kier alpha value is -1.34. The third-order valence-electron chi connectivity index (χ3n) is 5.53. The minimum Gasteiger partial charge on any atom is -0.351 e. The second-order valence-electron chi connectivity index (χ2n) is 8.99. The SMILES string of the molecule is CC(C)(C)NC(=O)CSc1nc2sc3c(c2c(=O)n1C1CCCC1)CCCC3. The Balaban J connectivity index is 1.73. The molecule has 1 N–H and O–H groups in total. The van der Waals surface area contributed by atoms with Gasteiger partial charge in [0.15, 0.2) is 5.16 Å². The van der Waals surface area contributed by atoms with E-state index in [0.29, 0.717) is 5.16 Å². The lowest BCUT2D eigenvalue weighted by Crippen LogP contribution is -2.41. The van der Waals surface area contributed by atoms with Gasteiger partial charge in [0.25, 0.3) is 5.56 Å². The van der Waals surface area contributed by atoms with Gasteiger partial charge in [-0.3, -0.25) is 14.2 Å². The fraction of sp³-hybridized carbons (Fsp3) is 0.667. The number of carbonyl (C=O) groups is 1. The van der Waals surface area contributed by atoms with E-state index in [0.717, 1.165) is 55.2 Å². The van der Waals surface area contributed by atoms with Crippen LogP contribution in [0.15, 0.2) is 9.95 Å². The third kappa shape index (κ3) is 4.01. The van der Waals surface area contributed by atoms with Crippen molar-refractivity contribution in [2.24, 2.45) is 0 Å². The molecule has 0 aromatic carbocycles. The number of nitrogens with zero attached hydrogens (tertiary/aromatic N) is 2. The van der Waals surface area contributed by atoms with Gasteiger partial charge >= 0.3 is 0 Å². The van der Waals surface area contributed by atoms with E-state index in [1.807, 2.05) is 25.3 Å². The molecule has 1 amide bonds. The zero-order valence-corrected chi connectivity index (χ0v) is 18.6. The zero-order valence-electron chi connectivity index (χ0n) is 17.0. The van der Waals surface area contributed by atoms with Gasteiger partial charge < -0.3 is 5.32 Å². The lowest BCUT2D eigenvalue weighted by atomic mass is 9.97. The van der Waals surface area contributed by atoms with Gasteiger partial charge in [0.1, 0.15) is 4.83 Å². The summed E-state index contributed by atoms with van der Waals surface area (Å²) in [4.78, 5) is 33.0. The number of fused-ring (bicyclic) bond motifs is 3.